The van der Waals surface area contributed by atoms with Crippen molar-refractivity contribution in [3.8, 4) is 0 Å². The lowest BCUT2D eigenvalue weighted by atomic mass is 10.2. The molecular formula is C11H17FN4O. The molecule has 0 saturated carbocycles. The highest BCUT2D eigenvalue weighted by Crippen LogP contribution is 2.16. The Kier molecular flexibility index (Phi) is 3.86. The molecule has 2 rings (SSSR count). The molecule has 0 bridgehead atoms. The minimum absolute atomic E-state index is 0.0362. The Morgan fingerprint density at radius 3 is 3.06 bits per heavy atom. The van der Waals surface area contributed by atoms with Gasteiger partial charge in [-0.2, -0.15) is 0 Å². The van der Waals surface area contributed by atoms with E-state index >= 15 is 0 Å². The van der Waals surface area contributed by atoms with E-state index in [-0.39, 0.29) is 23.8 Å². The second kappa shape index (κ2) is 5.37. The van der Waals surface area contributed by atoms with Gasteiger partial charge >= 0.3 is 0 Å². The van der Waals surface area contributed by atoms with Crippen molar-refractivity contribution in [2.45, 2.75) is 25.5 Å². The van der Waals surface area contributed by atoms with E-state index in [1.165, 1.54) is 6.33 Å². The van der Waals surface area contributed by atoms with E-state index in [2.05, 4.69) is 20.6 Å². The van der Waals surface area contributed by atoms with Gasteiger partial charge in [-0.3, -0.25) is 0 Å². The van der Waals surface area contributed by atoms with Gasteiger partial charge in [0.25, 0.3) is 0 Å². The zero-order chi connectivity index (χ0) is 12.3. The fourth-order valence-electron chi connectivity index (χ4n) is 1.98. The Morgan fingerprint density at radius 2 is 2.35 bits per heavy atom. The maximum Gasteiger partial charge on any atom is 0.186 e. The molecule has 5 nitrogen and oxygen atoms in total. The molecule has 1 aliphatic rings. The topological polar surface area (TPSA) is 59.1 Å². The Labute approximate surface area is 99.8 Å². The van der Waals surface area contributed by atoms with Crippen LogP contribution in [0.5, 0.6) is 0 Å². The minimum atomic E-state index is -0.364. The largest absolute Gasteiger partial charge is 0.378 e. The summed E-state index contributed by atoms with van der Waals surface area (Å²) in [6.07, 6.45) is 1.98. The first kappa shape index (κ1) is 12.2. The average Bonchev–Trinajstić information content (AvgIpc) is 2.79. The van der Waals surface area contributed by atoms with E-state index in [0.29, 0.717) is 12.1 Å². The Bertz CT molecular complexity index is 388. The molecule has 17 heavy (non-hydrogen) atoms. The van der Waals surface area contributed by atoms with Gasteiger partial charge in [-0.05, 0) is 6.42 Å². The van der Waals surface area contributed by atoms with Crippen LogP contribution in [0.1, 0.15) is 12.6 Å². The second-order valence-electron chi connectivity index (χ2n) is 4.02. The van der Waals surface area contributed by atoms with Crippen molar-refractivity contribution < 1.29 is 9.13 Å². The van der Waals surface area contributed by atoms with Gasteiger partial charge in [-0.1, -0.05) is 6.92 Å². The molecule has 1 saturated heterocycles. The number of ether oxygens (including phenoxy) is 1. The van der Waals surface area contributed by atoms with Gasteiger partial charge < -0.3 is 15.4 Å². The van der Waals surface area contributed by atoms with Crippen LogP contribution in [0.3, 0.4) is 0 Å². The van der Waals surface area contributed by atoms with Crippen LogP contribution in [0.15, 0.2) is 6.33 Å². The molecule has 0 spiro atoms. The molecule has 6 heteroatoms. The minimum Gasteiger partial charge on any atom is -0.378 e. The summed E-state index contributed by atoms with van der Waals surface area (Å²) in [6.45, 7) is 3.37. The van der Waals surface area contributed by atoms with E-state index in [0.717, 1.165) is 13.1 Å². The molecule has 94 valence electrons. The molecule has 0 aromatic carbocycles. The van der Waals surface area contributed by atoms with E-state index in [4.69, 9.17) is 4.74 Å². The number of aryl methyl sites for hydroxylation is 1. The first-order valence-corrected chi connectivity index (χ1v) is 5.75. The molecule has 2 N–H and O–H groups in total. The Hall–Kier alpha value is -1.27. The summed E-state index contributed by atoms with van der Waals surface area (Å²) in [4.78, 5) is 7.84. The lowest BCUT2D eigenvalue weighted by Crippen LogP contribution is -2.34. The van der Waals surface area contributed by atoms with Crippen LogP contribution in [-0.2, 0) is 11.2 Å². The number of rotatable bonds is 4. The lowest BCUT2D eigenvalue weighted by Gasteiger charge is -2.19. The van der Waals surface area contributed by atoms with Gasteiger partial charge in [0.2, 0.25) is 0 Å². The van der Waals surface area contributed by atoms with Gasteiger partial charge in [0.15, 0.2) is 11.6 Å². The van der Waals surface area contributed by atoms with Crippen molar-refractivity contribution in [2.24, 2.45) is 0 Å². The highest BCUT2D eigenvalue weighted by atomic mass is 19.1. The third-order valence-electron chi connectivity index (χ3n) is 2.98. The smallest absolute Gasteiger partial charge is 0.186 e. The van der Waals surface area contributed by atoms with Crippen molar-refractivity contribution in [3.63, 3.8) is 0 Å². The number of hydrogen-bond donors (Lipinski definition) is 2. The summed E-state index contributed by atoms with van der Waals surface area (Å²) in [7, 11) is 1.65. The SMILES string of the molecule is CCc1ncnc(NC2CNC[C@@H]2OC)c1F. The van der Waals surface area contributed by atoms with Crippen molar-refractivity contribution in [3.05, 3.63) is 17.8 Å². The van der Waals surface area contributed by atoms with E-state index in [1.807, 2.05) is 6.92 Å². The molecule has 2 atom stereocenters. The molecular weight excluding hydrogens is 223 g/mol. The van der Waals surface area contributed by atoms with Crippen molar-refractivity contribution in [1.82, 2.24) is 15.3 Å². The molecule has 2 heterocycles. The highest BCUT2D eigenvalue weighted by molar-refractivity contribution is 5.39. The Balaban J connectivity index is 2.13. The summed E-state index contributed by atoms with van der Waals surface area (Å²) in [5.74, 6) is -0.107. The first-order valence-electron chi connectivity index (χ1n) is 5.75. The first-order chi connectivity index (χ1) is 8.26. The van der Waals surface area contributed by atoms with Crippen LogP contribution in [-0.4, -0.2) is 42.3 Å². The molecule has 0 aliphatic carbocycles. The highest BCUT2D eigenvalue weighted by Gasteiger charge is 2.28. The molecule has 1 aliphatic heterocycles. The Morgan fingerprint density at radius 1 is 1.53 bits per heavy atom. The van der Waals surface area contributed by atoms with E-state index in [9.17, 15) is 4.39 Å². The molecule has 1 unspecified atom stereocenters. The average molecular weight is 240 g/mol. The maximum absolute atomic E-state index is 13.9. The molecule has 1 aromatic rings. The standard InChI is InChI=1S/C11H17FN4O/c1-3-7-10(12)11(15-6-14-7)16-8-4-13-5-9(8)17-2/h6,8-9,13H,3-5H2,1-2H3,(H,14,15,16)/t8?,9-/m0/s1. The van der Waals surface area contributed by atoms with E-state index in [1.54, 1.807) is 7.11 Å². The summed E-state index contributed by atoms with van der Waals surface area (Å²) < 4.78 is 19.2. The molecule has 1 aromatic heterocycles. The number of nitrogens with one attached hydrogen (secondary N) is 2. The molecule has 0 amide bonds. The fraction of sp³-hybridized carbons (Fsp3) is 0.636. The number of methoxy groups -OCH3 is 1. The summed E-state index contributed by atoms with van der Waals surface area (Å²) in [5, 5.41) is 6.26. The number of anilines is 1. The van der Waals surface area contributed by atoms with Gasteiger partial charge in [0.05, 0.1) is 17.8 Å². The van der Waals surface area contributed by atoms with Crippen LogP contribution in [0.2, 0.25) is 0 Å². The normalized spacial score (nSPS) is 23.9. The molecule has 0 radical (unpaired) electrons. The van der Waals surface area contributed by atoms with Crippen molar-refractivity contribution in [1.29, 1.82) is 0 Å². The lowest BCUT2D eigenvalue weighted by molar-refractivity contribution is 0.111. The van der Waals surface area contributed by atoms with Crippen molar-refractivity contribution >= 4 is 5.82 Å². The van der Waals surface area contributed by atoms with Gasteiger partial charge in [-0.15, -0.1) is 0 Å². The zero-order valence-corrected chi connectivity index (χ0v) is 10.0. The second-order valence-corrected chi connectivity index (χ2v) is 4.02. The van der Waals surface area contributed by atoms with Crippen LogP contribution < -0.4 is 10.6 Å². The van der Waals surface area contributed by atoms with Crippen LogP contribution >= 0.6 is 0 Å². The monoisotopic (exact) mass is 240 g/mol. The predicted octanol–water partition coefficient (Wildman–Crippen LogP) is 0.577. The fourth-order valence-corrected chi connectivity index (χ4v) is 1.98. The third-order valence-corrected chi connectivity index (χ3v) is 2.98. The van der Waals surface area contributed by atoms with Crippen LogP contribution in [0, 0.1) is 5.82 Å². The quantitative estimate of drug-likeness (QED) is 0.806. The molecule has 1 fully saturated rings. The summed E-state index contributed by atoms with van der Waals surface area (Å²) in [5.41, 5.74) is 0.433. The van der Waals surface area contributed by atoms with Crippen LogP contribution in [0.25, 0.3) is 0 Å². The third kappa shape index (κ3) is 2.53. The van der Waals surface area contributed by atoms with Gasteiger partial charge in [0, 0.05) is 20.2 Å². The van der Waals surface area contributed by atoms with E-state index < -0.39 is 0 Å². The summed E-state index contributed by atoms with van der Waals surface area (Å²) in [6, 6.07) is 0.0362. The van der Waals surface area contributed by atoms with Crippen LogP contribution in [0.4, 0.5) is 10.2 Å². The van der Waals surface area contributed by atoms with Gasteiger partial charge in [-0.25, -0.2) is 14.4 Å². The summed E-state index contributed by atoms with van der Waals surface area (Å²) >= 11 is 0. The predicted molar refractivity (Wildman–Crippen MR) is 62.4 cm³/mol. The maximum atomic E-state index is 13.9. The van der Waals surface area contributed by atoms with Gasteiger partial charge in [0.1, 0.15) is 6.33 Å². The number of hydrogen-bond acceptors (Lipinski definition) is 5. The number of nitrogens with zero attached hydrogens (tertiary/aromatic N) is 2. The number of halogens is 1. The van der Waals surface area contributed by atoms with Crippen molar-refractivity contribution in [2.75, 3.05) is 25.5 Å². The zero-order valence-electron chi connectivity index (χ0n) is 10.0. The number of aromatic nitrogens is 2.